The van der Waals surface area contributed by atoms with Gasteiger partial charge in [0.25, 0.3) is 0 Å². The number of anilines is 1. The van der Waals surface area contributed by atoms with Crippen molar-refractivity contribution < 1.29 is 4.74 Å². The van der Waals surface area contributed by atoms with E-state index in [2.05, 4.69) is 24.1 Å². The maximum atomic E-state index is 5.60. The van der Waals surface area contributed by atoms with Crippen molar-refractivity contribution in [3.63, 3.8) is 0 Å². The summed E-state index contributed by atoms with van der Waals surface area (Å²) in [5, 5.41) is 3.26. The number of aromatic nitrogens is 1. The molecule has 3 N–H and O–H groups in total. The lowest BCUT2D eigenvalue weighted by molar-refractivity contribution is 0.317. The highest BCUT2D eigenvalue weighted by molar-refractivity contribution is 5.49. The predicted octanol–water partition coefficient (Wildman–Crippen LogP) is 1.88. The van der Waals surface area contributed by atoms with E-state index in [9.17, 15) is 0 Å². The average molecular weight is 223 g/mol. The van der Waals surface area contributed by atoms with Crippen LogP contribution in [0.15, 0.2) is 18.3 Å². The van der Waals surface area contributed by atoms with E-state index in [0.717, 1.165) is 24.5 Å². The molecule has 90 valence electrons. The maximum Gasteiger partial charge on any atom is 0.168 e. The molecule has 1 aromatic heterocycles. The highest BCUT2D eigenvalue weighted by atomic mass is 16.5. The second-order valence-corrected chi connectivity index (χ2v) is 3.92. The molecule has 4 heteroatoms. The van der Waals surface area contributed by atoms with E-state index in [-0.39, 0.29) is 0 Å². The van der Waals surface area contributed by atoms with Gasteiger partial charge in [-0.1, -0.05) is 13.8 Å². The summed E-state index contributed by atoms with van der Waals surface area (Å²) < 4.78 is 5.60. The lowest BCUT2D eigenvalue weighted by Crippen LogP contribution is -2.20. The first-order chi connectivity index (χ1) is 7.77. The monoisotopic (exact) mass is 223 g/mol. The first-order valence-electron chi connectivity index (χ1n) is 5.79. The van der Waals surface area contributed by atoms with Crippen molar-refractivity contribution in [2.75, 3.05) is 25.0 Å². The lowest BCUT2D eigenvalue weighted by atomic mass is 10.2. The van der Waals surface area contributed by atoms with Gasteiger partial charge in [0.2, 0.25) is 0 Å². The summed E-state index contributed by atoms with van der Waals surface area (Å²) >= 11 is 0. The Morgan fingerprint density at radius 1 is 1.56 bits per heavy atom. The van der Waals surface area contributed by atoms with Crippen molar-refractivity contribution in [1.82, 2.24) is 4.98 Å². The fourth-order valence-electron chi connectivity index (χ4n) is 1.21. The third-order valence-corrected chi connectivity index (χ3v) is 2.25. The molecule has 0 amide bonds. The Balaban J connectivity index is 2.56. The smallest absolute Gasteiger partial charge is 0.168 e. The molecule has 0 aliphatic heterocycles. The van der Waals surface area contributed by atoms with Crippen LogP contribution in [0.4, 0.5) is 5.82 Å². The average Bonchev–Trinajstić information content (AvgIpc) is 2.34. The van der Waals surface area contributed by atoms with E-state index in [1.807, 2.05) is 12.1 Å². The third kappa shape index (κ3) is 4.06. The number of pyridine rings is 1. The molecule has 0 radical (unpaired) electrons. The number of hydrogen-bond donors (Lipinski definition) is 2. The largest absolute Gasteiger partial charge is 0.490 e. The van der Waals surface area contributed by atoms with Gasteiger partial charge in [0.1, 0.15) is 0 Å². The van der Waals surface area contributed by atoms with Crippen LogP contribution in [-0.4, -0.2) is 24.7 Å². The second kappa shape index (κ2) is 7.06. The zero-order valence-corrected chi connectivity index (χ0v) is 10.1. The predicted molar refractivity (Wildman–Crippen MR) is 66.7 cm³/mol. The van der Waals surface area contributed by atoms with E-state index >= 15 is 0 Å². The summed E-state index contributed by atoms with van der Waals surface area (Å²) in [6, 6.07) is 3.81. The van der Waals surface area contributed by atoms with Crippen molar-refractivity contribution in [2.45, 2.75) is 20.3 Å². The van der Waals surface area contributed by atoms with Gasteiger partial charge in [0, 0.05) is 12.7 Å². The standard InChI is InChI=1S/C12H21N3O/c1-3-7-16-11-5-4-6-14-12(11)15-9-10(2)8-13/h4-6,10H,3,7-9,13H2,1-2H3,(H,14,15). The Morgan fingerprint density at radius 3 is 3.06 bits per heavy atom. The van der Waals surface area contributed by atoms with Crippen LogP contribution in [0, 0.1) is 5.92 Å². The van der Waals surface area contributed by atoms with Crippen LogP contribution in [0.5, 0.6) is 5.75 Å². The van der Waals surface area contributed by atoms with E-state index in [4.69, 9.17) is 10.5 Å². The lowest BCUT2D eigenvalue weighted by Gasteiger charge is -2.14. The van der Waals surface area contributed by atoms with Gasteiger partial charge in [-0.2, -0.15) is 0 Å². The molecule has 0 aromatic carbocycles. The molecule has 16 heavy (non-hydrogen) atoms. The summed E-state index contributed by atoms with van der Waals surface area (Å²) in [6.45, 7) is 6.39. The van der Waals surface area contributed by atoms with Gasteiger partial charge < -0.3 is 15.8 Å². The van der Waals surface area contributed by atoms with Crippen molar-refractivity contribution in [1.29, 1.82) is 0 Å². The Hall–Kier alpha value is -1.29. The van der Waals surface area contributed by atoms with Crippen LogP contribution in [-0.2, 0) is 0 Å². The van der Waals surface area contributed by atoms with E-state index in [0.29, 0.717) is 19.1 Å². The van der Waals surface area contributed by atoms with E-state index in [1.54, 1.807) is 6.20 Å². The molecule has 1 aromatic rings. The summed E-state index contributed by atoms with van der Waals surface area (Å²) in [4.78, 5) is 4.26. The minimum absolute atomic E-state index is 0.432. The van der Waals surface area contributed by atoms with Gasteiger partial charge >= 0.3 is 0 Å². The number of nitrogens with one attached hydrogen (secondary N) is 1. The summed E-state index contributed by atoms with van der Waals surface area (Å²) in [5.74, 6) is 2.05. The minimum Gasteiger partial charge on any atom is -0.490 e. The van der Waals surface area contributed by atoms with Gasteiger partial charge in [-0.05, 0) is 31.0 Å². The molecule has 1 unspecified atom stereocenters. The fraction of sp³-hybridized carbons (Fsp3) is 0.583. The highest BCUT2D eigenvalue weighted by Crippen LogP contribution is 2.20. The molecule has 0 saturated heterocycles. The van der Waals surface area contributed by atoms with Gasteiger partial charge in [-0.25, -0.2) is 4.98 Å². The Morgan fingerprint density at radius 2 is 2.38 bits per heavy atom. The number of hydrogen-bond acceptors (Lipinski definition) is 4. The molecule has 1 heterocycles. The summed E-state index contributed by atoms with van der Waals surface area (Å²) in [5.41, 5.74) is 5.56. The SMILES string of the molecule is CCCOc1cccnc1NCC(C)CN. The third-order valence-electron chi connectivity index (χ3n) is 2.25. The number of nitrogens with two attached hydrogens (primary N) is 1. The van der Waals surface area contributed by atoms with Crippen molar-refractivity contribution in [3.05, 3.63) is 18.3 Å². The van der Waals surface area contributed by atoms with E-state index < -0.39 is 0 Å². The van der Waals surface area contributed by atoms with Crippen LogP contribution in [0.3, 0.4) is 0 Å². The number of nitrogens with zero attached hydrogens (tertiary/aromatic N) is 1. The van der Waals surface area contributed by atoms with Crippen molar-refractivity contribution in [2.24, 2.45) is 11.7 Å². The quantitative estimate of drug-likeness (QED) is 0.741. The molecule has 0 aliphatic carbocycles. The molecule has 1 rings (SSSR count). The molecule has 0 fully saturated rings. The first kappa shape index (κ1) is 12.8. The van der Waals surface area contributed by atoms with Gasteiger partial charge in [0.05, 0.1) is 6.61 Å². The zero-order valence-electron chi connectivity index (χ0n) is 10.1. The molecule has 0 aliphatic rings. The van der Waals surface area contributed by atoms with Crippen LogP contribution < -0.4 is 15.8 Å². The van der Waals surface area contributed by atoms with Crippen LogP contribution in [0.1, 0.15) is 20.3 Å². The molecular weight excluding hydrogens is 202 g/mol. The van der Waals surface area contributed by atoms with Crippen LogP contribution >= 0.6 is 0 Å². The topological polar surface area (TPSA) is 60.2 Å². The zero-order chi connectivity index (χ0) is 11.8. The van der Waals surface area contributed by atoms with Crippen LogP contribution in [0.2, 0.25) is 0 Å². The summed E-state index contributed by atoms with van der Waals surface area (Å²) in [6.07, 6.45) is 2.75. The molecule has 0 bridgehead atoms. The number of ether oxygens (including phenoxy) is 1. The molecule has 4 nitrogen and oxygen atoms in total. The van der Waals surface area contributed by atoms with Gasteiger partial charge in [0.15, 0.2) is 11.6 Å². The molecular formula is C12H21N3O. The Kier molecular flexibility index (Phi) is 5.64. The first-order valence-corrected chi connectivity index (χ1v) is 5.79. The number of rotatable bonds is 7. The second-order valence-electron chi connectivity index (χ2n) is 3.92. The normalized spacial score (nSPS) is 12.2. The van der Waals surface area contributed by atoms with Gasteiger partial charge in [-0.3, -0.25) is 0 Å². The summed E-state index contributed by atoms with van der Waals surface area (Å²) in [7, 11) is 0. The molecule has 0 spiro atoms. The Labute approximate surface area is 97.2 Å². The van der Waals surface area contributed by atoms with Crippen molar-refractivity contribution >= 4 is 5.82 Å². The highest BCUT2D eigenvalue weighted by Gasteiger charge is 2.05. The molecule has 0 saturated carbocycles. The molecule has 1 atom stereocenters. The van der Waals surface area contributed by atoms with Gasteiger partial charge in [-0.15, -0.1) is 0 Å². The minimum atomic E-state index is 0.432. The fourth-order valence-corrected chi connectivity index (χ4v) is 1.21. The van der Waals surface area contributed by atoms with Crippen LogP contribution in [0.25, 0.3) is 0 Å². The Bertz CT molecular complexity index is 304. The van der Waals surface area contributed by atoms with Crippen molar-refractivity contribution in [3.8, 4) is 5.75 Å². The van der Waals surface area contributed by atoms with E-state index in [1.165, 1.54) is 0 Å². The maximum absolute atomic E-state index is 5.60.